The van der Waals surface area contributed by atoms with E-state index in [1.54, 1.807) is 18.7 Å². The van der Waals surface area contributed by atoms with Gasteiger partial charge in [0.25, 0.3) is 5.91 Å². The van der Waals surface area contributed by atoms with Gasteiger partial charge in [-0.25, -0.2) is 0 Å². The van der Waals surface area contributed by atoms with Crippen LogP contribution in [0.2, 0.25) is 0 Å². The van der Waals surface area contributed by atoms with Crippen molar-refractivity contribution in [3.63, 3.8) is 0 Å². The zero-order chi connectivity index (χ0) is 19.5. The molecule has 4 rings (SSSR count). The number of nitrogens with zero attached hydrogens (tertiary/aromatic N) is 3. The van der Waals surface area contributed by atoms with Gasteiger partial charge in [0.05, 0.1) is 5.75 Å². The molecule has 0 unspecified atom stereocenters. The molecule has 7 heteroatoms. The first-order chi connectivity index (χ1) is 13.6. The summed E-state index contributed by atoms with van der Waals surface area (Å²) in [4.78, 5) is 20.0. The lowest BCUT2D eigenvalue weighted by Gasteiger charge is -2.16. The summed E-state index contributed by atoms with van der Waals surface area (Å²) in [5.41, 5.74) is 8.19. The molecule has 2 atom stereocenters. The number of hydrogen-bond acceptors (Lipinski definition) is 6. The Morgan fingerprint density at radius 1 is 1.18 bits per heavy atom. The quantitative estimate of drug-likeness (QED) is 0.669. The molecule has 0 spiro atoms. The number of carbonyl (C=O) groups is 1. The van der Waals surface area contributed by atoms with E-state index in [1.807, 2.05) is 47.4 Å². The average molecular weight is 395 g/mol. The molecule has 0 aliphatic carbocycles. The minimum atomic E-state index is -0.0426. The zero-order valence-corrected chi connectivity index (χ0v) is 16.4. The molecule has 0 bridgehead atoms. The van der Waals surface area contributed by atoms with E-state index in [0.717, 1.165) is 4.90 Å². The summed E-state index contributed by atoms with van der Waals surface area (Å²) >= 11 is 1.60. The van der Waals surface area contributed by atoms with Gasteiger partial charge >= 0.3 is 0 Å². The molecule has 1 aliphatic heterocycles. The standard InChI is InChI=1S/C21H22N4O2S/c1-14-23-20(27-24-14)13-28-17-9-7-16(8-10-17)21(26)25-11-18(19(22)12-25)15-5-3-2-4-6-15/h2-10,18-19H,11-13,22H2,1H3/t18-,19+/m0/s1. The molecular weight excluding hydrogens is 372 g/mol. The van der Waals surface area contributed by atoms with Gasteiger partial charge in [0.1, 0.15) is 0 Å². The first kappa shape index (κ1) is 18.7. The molecule has 2 aromatic carbocycles. The van der Waals surface area contributed by atoms with E-state index < -0.39 is 0 Å². The van der Waals surface area contributed by atoms with Crippen molar-refractivity contribution in [1.82, 2.24) is 15.0 Å². The molecule has 1 aromatic heterocycles. The molecule has 0 radical (unpaired) electrons. The molecule has 1 aliphatic rings. The van der Waals surface area contributed by atoms with Gasteiger partial charge in [0, 0.05) is 35.5 Å². The molecule has 2 heterocycles. The van der Waals surface area contributed by atoms with E-state index in [2.05, 4.69) is 22.3 Å². The fourth-order valence-corrected chi connectivity index (χ4v) is 4.20. The maximum Gasteiger partial charge on any atom is 0.253 e. The summed E-state index contributed by atoms with van der Waals surface area (Å²) in [5.74, 6) is 2.04. The number of rotatable bonds is 5. The highest BCUT2D eigenvalue weighted by Crippen LogP contribution is 2.28. The van der Waals surface area contributed by atoms with Crippen LogP contribution >= 0.6 is 11.8 Å². The smallest absolute Gasteiger partial charge is 0.253 e. The van der Waals surface area contributed by atoms with Crippen molar-refractivity contribution in [3.05, 3.63) is 77.4 Å². The van der Waals surface area contributed by atoms with Crippen LogP contribution in [0.15, 0.2) is 64.0 Å². The number of amides is 1. The van der Waals surface area contributed by atoms with E-state index in [1.165, 1.54) is 5.56 Å². The molecule has 3 aromatic rings. The third-order valence-electron chi connectivity index (χ3n) is 4.91. The Morgan fingerprint density at radius 3 is 2.61 bits per heavy atom. The Balaban J connectivity index is 1.38. The van der Waals surface area contributed by atoms with Crippen molar-refractivity contribution in [2.24, 2.45) is 5.73 Å². The van der Waals surface area contributed by atoms with Crippen LogP contribution in [0.1, 0.15) is 33.6 Å². The number of thioether (sulfide) groups is 1. The Hall–Kier alpha value is -2.64. The van der Waals surface area contributed by atoms with Gasteiger partial charge in [-0.15, -0.1) is 11.8 Å². The molecule has 1 fully saturated rings. The Labute approximate surface area is 168 Å². The lowest BCUT2D eigenvalue weighted by Crippen LogP contribution is -2.32. The Morgan fingerprint density at radius 2 is 1.93 bits per heavy atom. The van der Waals surface area contributed by atoms with Gasteiger partial charge in [-0.05, 0) is 36.8 Å². The molecule has 1 saturated heterocycles. The second-order valence-corrected chi connectivity index (χ2v) is 7.99. The van der Waals surface area contributed by atoms with Gasteiger partial charge in [-0.1, -0.05) is 35.5 Å². The van der Waals surface area contributed by atoms with E-state index in [4.69, 9.17) is 10.3 Å². The van der Waals surface area contributed by atoms with Crippen molar-refractivity contribution in [1.29, 1.82) is 0 Å². The van der Waals surface area contributed by atoms with E-state index in [-0.39, 0.29) is 17.9 Å². The average Bonchev–Trinajstić information content (AvgIpc) is 3.32. The van der Waals surface area contributed by atoms with Gasteiger partial charge in [0.15, 0.2) is 5.82 Å². The second-order valence-electron chi connectivity index (χ2n) is 6.94. The van der Waals surface area contributed by atoms with Crippen molar-refractivity contribution in [2.75, 3.05) is 13.1 Å². The lowest BCUT2D eigenvalue weighted by molar-refractivity contribution is 0.0789. The Kier molecular flexibility index (Phi) is 5.45. The van der Waals surface area contributed by atoms with Crippen molar-refractivity contribution < 1.29 is 9.32 Å². The highest BCUT2D eigenvalue weighted by atomic mass is 32.2. The summed E-state index contributed by atoms with van der Waals surface area (Å²) in [6.45, 7) is 3.02. The lowest BCUT2D eigenvalue weighted by atomic mass is 9.95. The fourth-order valence-electron chi connectivity index (χ4n) is 3.47. The minimum absolute atomic E-state index is 0.0259. The van der Waals surface area contributed by atoms with Crippen LogP contribution in [-0.2, 0) is 5.75 Å². The maximum atomic E-state index is 12.9. The fraction of sp³-hybridized carbons (Fsp3) is 0.286. The molecular formula is C21H22N4O2S. The molecule has 28 heavy (non-hydrogen) atoms. The molecule has 0 saturated carbocycles. The van der Waals surface area contributed by atoms with E-state index >= 15 is 0 Å². The normalized spacial score (nSPS) is 19.1. The Bertz CT molecular complexity index is 943. The van der Waals surface area contributed by atoms with Crippen LogP contribution < -0.4 is 5.73 Å². The van der Waals surface area contributed by atoms with Crippen LogP contribution in [0.25, 0.3) is 0 Å². The number of benzene rings is 2. The number of hydrogen-bond donors (Lipinski definition) is 1. The van der Waals surface area contributed by atoms with Crippen LogP contribution in [0.5, 0.6) is 0 Å². The summed E-state index contributed by atoms with van der Waals surface area (Å²) in [6.07, 6.45) is 0. The van der Waals surface area contributed by atoms with Crippen LogP contribution in [0, 0.1) is 6.92 Å². The minimum Gasteiger partial charge on any atom is -0.338 e. The summed E-state index contributed by atoms with van der Waals surface area (Å²) in [5, 5.41) is 3.78. The van der Waals surface area contributed by atoms with Crippen LogP contribution in [-0.4, -0.2) is 40.1 Å². The predicted molar refractivity (Wildman–Crippen MR) is 108 cm³/mol. The SMILES string of the molecule is Cc1noc(CSc2ccc(C(=O)N3C[C@@H](N)[C@H](c4ccccc4)C3)cc2)n1. The topological polar surface area (TPSA) is 85.2 Å². The van der Waals surface area contributed by atoms with Crippen molar-refractivity contribution in [2.45, 2.75) is 29.5 Å². The van der Waals surface area contributed by atoms with Crippen molar-refractivity contribution in [3.8, 4) is 0 Å². The summed E-state index contributed by atoms with van der Waals surface area (Å²) in [7, 11) is 0. The van der Waals surface area contributed by atoms with Crippen LogP contribution in [0.3, 0.4) is 0 Å². The number of nitrogens with two attached hydrogens (primary N) is 1. The van der Waals surface area contributed by atoms with Gasteiger partial charge in [-0.3, -0.25) is 4.79 Å². The van der Waals surface area contributed by atoms with Gasteiger partial charge < -0.3 is 15.2 Å². The van der Waals surface area contributed by atoms with Crippen LogP contribution in [0.4, 0.5) is 0 Å². The number of likely N-dealkylation sites (tertiary alicyclic amines) is 1. The highest BCUT2D eigenvalue weighted by molar-refractivity contribution is 7.98. The van der Waals surface area contributed by atoms with Gasteiger partial charge in [-0.2, -0.15) is 4.98 Å². The molecule has 6 nitrogen and oxygen atoms in total. The summed E-state index contributed by atoms with van der Waals surface area (Å²) in [6, 6.07) is 17.8. The third-order valence-corrected chi connectivity index (χ3v) is 5.91. The zero-order valence-electron chi connectivity index (χ0n) is 15.6. The largest absolute Gasteiger partial charge is 0.338 e. The molecule has 1 amide bonds. The number of aromatic nitrogens is 2. The van der Waals surface area contributed by atoms with E-state index in [9.17, 15) is 4.79 Å². The highest BCUT2D eigenvalue weighted by Gasteiger charge is 2.34. The first-order valence-electron chi connectivity index (χ1n) is 9.22. The maximum absolute atomic E-state index is 12.9. The molecule has 2 N–H and O–H groups in total. The summed E-state index contributed by atoms with van der Waals surface area (Å²) < 4.78 is 5.12. The van der Waals surface area contributed by atoms with Crippen molar-refractivity contribution >= 4 is 17.7 Å². The predicted octanol–water partition coefficient (Wildman–Crippen LogP) is 3.24. The monoisotopic (exact) mass is 394 g/mol. The van der Waals surface area contributed by atoms with Gasteiger partial charge in [0.2, 0.25) is 5.89 Å². The third kappa shape index (κ3) is 4.10. The number of aryl methyl sites for hydroxylation is 1. The van der Waals surface area contributed by atoms with E-state index in [0.29, 0.717) is 36.1 Å². The second kappa shape index (κ2) is 8.16. The number of carbonyl (C=O) groups excluding carboxylic acids is 1. The first-order valence-corrected chi connectivity index (χ1v) is 10.2. The molecule has 144 valence electrons.